The van der Waals surface area contributed by atoms with Crippen LogP contribution in [0, 0.1) is 0 Å². The molecule has 1 aliphatic heterocycles. The molecule has 0 aliphatic carbocycles. The minimum atomic E-state index is 0.169. The molecule has 1 aliphatic rings. The molecule has 1 N–H and O–H groups in total. The van der Waals surface area contributed by atoms with Gasteiger partial charge >= 0.3 is 0 Å². The largest absolute Gasteiger partial charge is 0.497 e. The first-order valence-corrected chi connectivity index (χ1v) is 7.28. The zero-order valence-electron chi connectivity index (χ0n) is 12.2. The Morgan fingerprint density at radius 1 is 1.17 bits per heavy atom. The Labute approximate surface area is 137 Å². The maximum Gasteiger partial charge on any atom is 0.231 e. The van der Waals surface area contributed by atoms with Crippen molar-refractivity contribution in [1.82, 2.24) is 9.97 Å². The molecule has 2 aromatic carbocycles. The molecule has 0 atom stereocenters. The van der Waals surface area contributed by atoms with E-state index in [1.165, 1.54) is 6.33 Å². The molecule has 7 heteroatoms. The molecule has 3 aromatic rings. The maximum absolute atomic E-state index is 6.30. The molecule has 2 heterocycles. The minimum Gasteiger partial charge on any atom is -0.497 e. The number of aromatic nitrogens is 2. The van der Waals surface area contributed by atoms with Crippen molar-refractivity contribution in [2.45, 2.75) is 0 Å². The summed E-state index contributed by atoms with van der Waals surface area (Å²) in [7, 11) is 1.62. The Bertz CT molecular complexity index is 901. The molecular formula is C16H12ClN3O3. The summed E-state index contributed by atoms with van der Waals surface area (Å²) in [4.78, 5) is 8.57. The lowest BCUT2D eigenvalue weighted by atomic mass is 10.2. The second-order valence-electron chi connectivity index (χ2n) is 4.89. The summed E-state index contributed by atoms with van der Waals surface area (Å²) in [6.07, 6.45) is 1.49. The third-order valence-corrected chi connectivity index (χ3v) is 3.89. The van der Waals surface area contributed by atoms with Crippen LogP contribution in [0.2, 0.25) is 5.02 Å². The van der Waals surface area contributed by atoms with Gasteiger partial charge in [-0.15, -0.1) is 0 Å². The predicted molar refractivity (Wildman–Crippen MR) is 86.9 cm³/mol. The number of hydrogen-bond acceptors (Lipinski definition) is 6. The maximum atomic E-state index is 6.30. The standard InChI is InChI=1S/C16H12ClN3O3/c1-21-9-2-4-12-10(6-9)16(19-7-18-12)20-14-11(17)3-5-13-15(14)23-8-22-13/h2-7H,8H2,1H3,(H,18,19,20). The summed E-state index contributed by atoms with van der Waals surface area (Å²) in [6.45, 7) is 0.169. The number of benzene rings is 2. The minimum absolute atomic E-state index is 0.169. The lowest BCUT2D eigenvalue weighted by Crippen LogP contribution is -1.99. The van der Waals surface area contributed by atoms with Crippen molar-refractivity contribution in [1.29, 1.82) is 0 Å². The highest BCUT2D eigenvalue weighted by atomic mass is 35.5. The first-order valence-electron chi connectivity index (χ1n) is 6.90. The molecule has 0 amide bonds. The quantitative estimate of drug-likeness (QED) is 0.789. The lowest BCUT2D eigenvalue weighted by molar-refractivity contribution is 0.174. The summed E-state index contributed by atoms with van der Waals surface area (Å²) in [6, 6.07) is 9.12. The predicted octanol–water partition coefficient (Wildman–Crippen LogP) is 3.76. The molecule has 6 nitrogen and oxygen atoms in total. The van der Waals surface area contributed by atoms with Gasteiger partial charge in [-0.25, -0.2) is 9.97 Å². The van der Waals surface area contributed by atoms with Gasteiger partial charge in [0.15, 0.2) is 11.5 Å². The Kier molecular flexibility index (Phi) is 3.31. The van der Waals surface area contributed by atoms with E-state index in [9.17, 15) is 0 Å². The normalized spacial score (nSPS) is 12.4. The number of anilines is 2. The van der Waals surface area contributed by atoms with Crippen molar-refractivity contribution in [2.24, 2.45) is 0 Å². The third-order valence-electron chi connectivity index (χ3n) is 3.57. The van der Waals surface area contributed by atoms with E-state index in [1.54, 1.807) is 19.2 Å². The highest BCUT2D eigenvalue weighted by Crippen LogP contribution is 2.45. The van der Waals surface area contributed by atoms with Crippen molar-refractivity contribution in [3.63, 3.8) is 0 Å². The average Bonchev–Trinajstić information content (AvgIpc) is 3.06. The van der Waals surface area contributed by atoms with E-state index in [4.69, 9.17) is 25.8 Å². The van der Waals surface area contributed by atoms with Crippen molar-refractivity contribution in [2.75, 3.05) is 19.2 Å². The second kappa shape index (κ2) is 5.48. The molecular weight excluding hydrogens is 318 g/mol. The van der Waals surface area contributed by atoms with Crippen LogP contribution in [-0.4, -0.2) is 23.9 Å². The van der Waals surface area contributed by atoms with E-state index in [-0.39, 0.29) is 6.79 Å². The number of methoxy groups -OCH3 is 1. The first kappa shape index (κ1) is 13.9. The Morgan fingerprint density at radius 3 is 2.96 bits per heavy atom. The molecule has 0 spiro atoms. The number of nitrogens with one attached hydrogen (secondary N) is 1. The van der Waals surface area contributed by atoms with Gasteiger partial charge in [0, 0.05) is 5.39 Å². The molecule has 23 heavy (non-hydrogen) atoms. The summed E-state index contributed by atoms with van der Waals surface area (Å²) in [5, 5.41) is 4.56. The number of rotatable bonds is 3. The number of hydrogen-bond donors (Lipinski definition) is 1. The van der Waals surface area contributed by atoms with Crippen LogP contribution in [0.5, 0.6) is 17.2 Å². The lowest BCUT2D eigenvalue weighted by Gasteiger charge is -2.12. The van der Waals surface area contributed by atoms with Crippen molar-refractivity contribution in [3.8, 4) is 17.2 Å². The average molecular weight is 330 g/mol. The Balaban J connectivity index is 1.84. The van der Waals surface area contributed by atoms with E-state index in [1.807, 2.05) is 18.2 Å². The monoisotopic (exact) mass is 329 g/mol. The molecule has 0 radical (unpaired) electrons. The van der Waals surface area contributed by atoms with Crippen LogP contribution < -0.4 is 19.5 Å². The van der Waals surface area contributed by atoms with Gasteiger partial charge < -0.3 is 19.5 Å². The van der Waals surface area contributed by atoms with E-state index >= 15 is 0 Å². The third kappa shape index (κ3) is 2.37. The van der Waals surface area contributed by atoms with Crippen molar-refractivity contribution in [3.05, 3.63) is 41.7 Å². The zero-order valence-corrected chi connectivity index (χ0v) is 12.9. The highest BCUT2D eigenvalue weighted by Gasteiger charge is 2.21. The summed E-state index contributed by atoms with van der Waals surface area (Å²) in [5.74, 6) is 2.55. The molecule has 0 bridgehead atoms. The summed E-state index contributed by atoms with van der Waals surface area (Å²) in [5.41, 5.74) is 1.41. The van der Waals surface area contributed by atoms with Crippen LogP contribution in [0.15, 0.2) is 36.7 Å². The van der Waals surface area contributed by atoms with Gasteiger partial charge in [-0.05, 0) is 30.3 Å². The van der Waals surface area contributed by atoms with Gasteiger partial charge in [-0.2, -0.15) is 0 Å². The van der Waals surface area contributed by atoms with E-state index in [0.717, 1.165) is 16.7 Å². The van der Waals surface area contributed by atoms with Gasteiger partial charge in [0.25, 0.3) is 0 Å². The van der Waals surface area contributed by atoms with Crippen LogP contribution in [0.3, 0.4) is 0 Å². The van der Waals surface area contributed by atoms with Gasteiger partial charge in [0.05, 0.1) is 17.6 Å². The summed E-state index contributed by atoms with van der Waals surface area (Å²) >= 11 is 6.30. The molecule has 0 saturated heterocycles. The van der Waals surface area contributed by atoms with Gasteiger partial charge in [0.2, 0.25) is 6.79 Å². The molecule has 0 saturated carbocycles. The number of halogens is 1. The SMILES string of the molecule is COc1ccc2ncnc(Nc3c(Cl)ccc4c3OCO4)c2c1. The smallest absolute Gasteiger partial charge is 0.231 e. The van der Waals surface area contributed by atoms with Gasteiger partial charge in [-0.1, -0.05) is 11.6 Å². The molecule has 0 unspecified atom stereocenters. The zero-order chi connectivity index (χ0) is 15.8. The van der Waals surface area contributed by atoms with Crippen molar-refractivity contribution >= 4 is 34.0 Å². The highest BCUT2D eigenvalue weighted by molar-refractivity contribution is 6.34. The Hall–Kier alpha value is -2.73. The van der Waals surface area contributed by atoms with Gasteiger partial charge in [-0.3, -0.25) is 0 Å². The van der Waals surface area contributed by atoms with Crippen LogP contribution in [0.25, 0.3) is 10.9 Å². The van der Waals surface area contributed by atoms with Gasteiger partial charge in [0.1, 0.15) is 23.6 Å². The fraction of sp³-hybridized carbons (Fsp3) is 0.125. The number of ether oxygens (including phenoxy) is 3. The second-order valence-corrected chi connectivity index (χ2v) is 5.29. The number of nitrogens with zero attached hydrogens (tertiary/aromatic N) is 2. The molecule has 1 aromatic heterocycles. The fourth-order valence-electron chi connectivity index (χ4n) is 2.45. The summed E-state index contributed by atoms with van der Waals surface area (Å²) < 4.78 is 16.2. The van der Waals surface area contributed by atoms with E-state index in [2.05, 4.69) is 15.3 Å². The first-order chi connectivity index (χ1) is 11.3. The topological polar surface area (TPSA) is 65.5 Å². The fourth-order valence-corrected chi connectivity index (χ4v) is 2.64. The van der Waals surface area contributed by atoms with Crippen LogP contribution in [0.4, 0.5) is 11.5 Å². The Morgan fingerprint density at radius 2 is 2.09 bits per heavy atom. The van der Waals surface area contributed by atoms with Crippen LogP contribution in [0.1, 0.15) is 0 Å². The van der Waals surface area contributed by atoms with E-state index < -0.39 is 0 Å². The molecule has 4 rings (SSSR count). The number of fused-ring (bicyclic) bond motifs is 2. The van der Waals surface area contributed by atoms with Crippen LogP contribution >= 0.6 is 11.6 Å². The van der Waals surface area contributed by atoms with Crippen molar-refractivity contribution < 1.29 is 14.2 Å². The molecule has 0 fully saturated rings. The van der Waals surface area contributed by atoms with E-state index in [0.29, 0.717) is 28.0 Å². The van der Waals surface area contributed by atoms with Crippen LogP contribution in [-0.2, 0) is 0 Å². The molecule has 116 valence electrons.